The van der Waals surface area contributed by atoms with Crippen LogP contribution in [0.25, 0.3) is 0 Å². The first-order chi connectivity index (χ1) is 9.60. The SMILES string of the molecule is CCO[Si](CC)(CCCCOCC1(C)COC1)OCC. The van der Waals surface area contributed by atoms with Gasteiger partial charge in [-0.2, -0.15) is 0 Å². The molecular weight excluding hydrogens is 272 g/mol. The van der Waals surface area contributed by atoms with Crippen molar-refractivity contribution in [3.05, 3.63) is 0 Å². The van der Waals surface area contributed by atoms with Gasteiger partial charge in [0.1, 0.15) is 0 Å². The molecule has 4 nitrogen and oxygen atoms in total. The standard InChI is InChI=1S/C15H32O4Si/c1-5-18-20(7-3,19-6-2)11-9-8-10-16-12-15(4)13-17-14-15/h5-14H2,1-4H3. The fourth-order valence-electron chi connectivity index (χ4n) is 2.54. The maximum Gasteiger partial charge on any atom is 0.337 e. The number of ether oxygens (including phenoxy) is 2. The Morgan fingerprint density at radius 1 is 1.05 bits per heavy atom. The van der Waals surface area contributed by atoms with Crippen LogP contribution in [0.3, 0.4) is 0 Å². The summed E-state index contributed by atoms with van der Waals surface area (Å²) >= 11 is 0. The van der Waals surface area contributed by atoms with E-state index in [1.165, 1.54) is 0 Å². The number of hydrogen-bond acceptors (Lipinski definition) is 4. The Kier molecular flexibility index (Phi) is 8.29. The molecule has 1 aliphatic rings. The summed E-state index contributed by atoms with van der Waals surface area (Å²) in [6, 6.07) is 2.11. The lowest BCUT2D eigenvalue weighted by atomic mass is 9.90. The molecule has 0 atom stereocenters. The van der Waals surface area contributed by atoms with Gasteiger partial charge in [0.25, 0.3) is 0 Å². The van der Waals surface area contributed by atoms with Crippen LogP contribution in [-0.4, -0.2) is 48.2 Å². The van der Waals surface area contributed by atoms with Crippen molar-refractivity contribution in [2.24, 2.45) is 5.41 Å². The lowest BCUT2D eigenvalue weighted by Crippen LogP contribution is -2.43. The summed E-state index contributed by atoms with van der Waals surface area (Å²) in [7, 11) is -1.94. The Morgan fingerprint density at radius 3 is 2.15 bits per heavy atom. The second-order valence-electron chi connectivity index (χ2n) is 5.94. The molecule has 0 radical (unpaired) electrons. The fraction of sp³-hybridized carbons (Fsp3) is 1.00. The van der Waals surface area contributed by atoms with Crippen molar-refractivity contribution >= 4 is 8.56 Å². The molecule has 0 N–H and O–H groups in total. The van der Waals surface area contributed by atoms with Gasteiger partial charge in [-0.05, 0) is 38.8 Å². The Morgan fingerprint density at radius 2 is 1.70 bits per heavy atom. The Labute approximate surface area is 125 Å². The molecule has 1 heterocycles. The van der Waals surface area contributed by atoms with E-state index in [0.29, 0.717) is 0 Å². The van der Waals surface area contributed by atoms with Crippen LogP contribution in [0.1, 0.15) is 40.5 Å². The highest BCUT2D eigenvalue weighted by Gasteiger charge is 2.35. The van der Waals surface area contributed by atoms with Crippen molar-refractivity contribution in [3.8, 4) is 0 Å². The molecule has 1 rings (SSSR count). The molecule has 5 heteroatoms. The molecule has 1 saturated heterocycles. The molecule has 0 aromatic rings. The second kappa shape index (κ2) is 9.15. The van der Waals surface area contributed by atoms with Gasteiger partial charge in [0.05, 0.1) is 19.8 Å². The highest BCUT2D eigenvalue weighted by Crippen LogP contribution is 2.27. The van der Waals surface area contributed by atoms with Gasteiger partial charge < -0.3 is 18.3 Å². The minimum absolute atomic E-state index is 0.262. The lowest BCUT2D eigenvalue weighted by molar-refractivity contribution is -0.137. The molecule has 0 bridgehead atoms. The molecule has 0 saturated carbocycles. The summed E-state index contributed by atoms with van der Waals surface area (Å²) in [5, 5.41) is 0. The third-order valence-electron chi connectivity index (χ3n) is 3.80. The summed E-state index contributed by atoms with van der Waals surface area (Å²) in [4.78, 5) is 0. The maximum atomic E-state index is 5.97. The highest BCUT2D eigenvalue weighted by molar-refractivity contribution is 6.67. The monoisotopic (exact) mass is 304 g/mol. The second-order valence-corrected chi connectivity index (χ2v) is 9.55. The average molecular weight is 305 g/mol. The van der Waals surface area contributed by atoms with E-state index in [1.54, 1.807) is 0 Å². The van der Waals surface area contributed by atoms with Crippen molar-refractivity contribution in [3.63, 3.8) is 0 Å². The van der Waals surface area contributed by atoms with Crippen LogP contribution >= 0.6 is 0 Å². The van der Waals surface area contributed by atoms with Gasteiger partial charge in [0.2, 0.25) is 0 Å². The molecule has 0 aliphatic carbocycles. The summed E-state index contributed by atoms with van der Waals surface area (Å²) < 4.78 is 22.9. The quantitative estimate of drug-likeness (QED) is 0.409. The van der Waals surface area contributed by atoms with Gasteiger partial charge in [-0.1, -0.05) is 13.8 Å². The Bertz CT molecular complexity index is 250. The van der Waals surface area contributed by atoms with E-state index >= 15 is 0 Å². The maximum absolute atomic E-state index is 5.97. The molecule has 0 amide bonds. The number of hydrogen-bond donors (Lipinski definition) is 0. The van der Waals surface area contributed by atoms with E-state index in [-0.39, 0.29) is 5.41 Å². The molecule has 1 aliphatic heterocycles. The van der Waals surface area contributed by atoms with Crippen LogP contribution < -0.4 is 0 Å². The third-order valence-corrected chi connectivity index (χ3v) is 7.62. The van der Waals surface area contributed by atoms with Gasteiger partial charge in [0.15, 0.2) is 0 Å². The predicted molar refractivity (Wildman–Crippen MR) is 83.3 cm³/mol. The molecule has 0 aromatic heterocycles. The Hall–Kier alpha value is 0.0569. The molecule has 0 spiro atoms. The van der Waals surface area contributed by atoms with Crippen molar-refractivity contribution in [2.75, 3.05) is 39.6 Å². The van der Waals surface area contributed by atoms with Crippen molar-refractivity contribution < 1.29 is 18.3 Å². The predicted octanol–water partition coefficient (Wildman–Crippen LogP) is 3.35. The van der Waals surface area contributed by atoms with E-state index < -0.39 is 8.56 Å². The number of unbranched alkanes of at least 4 members (excludes halogenated alkanes) is 1. The first kappa shape index (κ1) is 18.1. The molecule has 120 valence electrons. The van der Waals surface area contributed by atoms with Gasteiger partial charge in [-0.25, -0.2) is 0 Å². The van der Waals surface area contributed by atoms with E-state index in [4.69, 9.17) is 18.3 Å². The smallest absolute Gasteiger partial charge is 0.337 e. The lowest BCUT2D eigenvalue weighted by Gasteiger charge is -2.37. The third kappa shape index (κ3) is 5.82. The summed E-state index contributed by atoms with van der Waals surface area (Å²) in [6.45, 7) is 13.4. The van der Waals surface area contributed by atoms with E-state index in [2.05, 4.69) is 27.7 Å². The fourth-order valence-corrected chi connectivity index (χ4v) is 5.52. The minimum atomic E-state index is -1.94. The van der Waals surface area contributed by atoms with Crippen LogP contribution in [0, 0.1) is 5.41 Å². The summed E-state index contributed by atoms with van der Waals surface area (Å²) in [5.41, 5.74) is 0.262. The van der Waals surface area contributed by atoms with E-state index in [0.717, 1.165) is 64.6 Å². The van der Waals surface area contributed by atoms with Crippen LogP contribution in [0.15, 0.2) is 0 Å². The van der Waals surface area contributed by atoms with Gasteiger partial charge in [-0.3, -0.25) is 0 Å². The van der Waals surface area contributed by atoms with Crippen LogP contribution in [0.5, 0.6) is 0 Å². The molecule has 20 heavy (non-hydrogen) atoms. The first-order valence-corrected chi connectivity index (χ1v) is 10.3. The van der Waals surface area contributed by atoms with E-state index in [9.17, 15) is 0 Å². The first-order valence-electron chi connectivity index (χ1n) is 8.03. The topological polar surface area (TPSA) is 36.9 Å². The normalized spacial score (nSPS) is 18.0. The van der Waals surface area contributed by atoms with Gasteiger partial charge in [-0.15, -0.1) is 0 Å². The summed E-state index contributed by atoms with van der Waals surface area (Å²) in [6.07, 6.45) is 2.22. The van der Waals surface area contributed by atoms with Crippen molar-refractivity contribution in [1.29, 1.82) is 0 Å². The van der Waals surface area contributed by atoms with Crippen LogP contribution in [-0.2, 0) is 18.3 Å². The zero-order chi connectivity index (χ0) is 14.9. The highest BCUT2D eigenvalue weighted by atomic mass is 28.4. The largest absolute Gasteiger partial charge is 0.394 e. The molecule has 1 fully saturated rings. The van der Waals surface area contributed by atoms with Crippen LogP contribution in [0.4, 0.5) is 0 Å². The van der Waals surface area contributed by atoms with Gasteiger partial charge >= 0.3 is 8.56 Å². The molecule has 0 unspecified atom stereocenters. The molecular formula is C15H32O4Si. The van der Waals surface area contributed by atoms with E-state index in [1.807, 2.05) is 0 Å². The zero-order valence-electron chi connectivity index (χ0n) is 13.7. The van der Waals surface area contributed by atoms with Crippen molar-refractivity contribution in [1.82, 2.24) is 0 Å². The zero-order valence-corrected chi connectivity index (χ0v) is 14.7. The number of rotatable bonds is 12. The van der Waals surface area contributed by atoms with Gasteiger partial charge in [0, 0.05) is 25.2 Å². The van der Waals surface area contributed by atoms with Crippen molar-refractivity contribution in [2.45, 2.75) is 52.6 Å². The molecule has 0 aromatic carbocycles. The van der Waals surface area contributed by atoms with Crippen LogP contribution in [0.2, 0.25) is 12.1 Å². The minimum Gasteiger partial charge on any atom is -0.394 e. The summed E-state index contributed by atoms with van der Waals surface area (Å²) in [5.74, 6) is 0. The Balaban J connectivity index is 2.13. The average Bonchev–Trinajstić information content (AvgIpc) is 2.41.